The number of hydrogen-bond acceptors (Lipinski definition) is 5. The molecular formula is C20H20N2O4. The minimum absolute atomic E-state index is 0.0212. The first-order valence-corrected chi connectivity index (χ1v) is 8.40. The lowest BCUT2D eigenvalue weighted by Gasteiger charge is -2.45. The highest BCUT2D eigenvalue weighted by Gasteiger charge is 2.57. The van der Waals surface area contributed by atoms with E-state index in [1.165, 1.54) is 24.8 Å². The first kappa shape index (κ1) is 16.4. The van der Waals surface area contributed by atoms with Crippen LogP contribution in [0.1, 0.15) is 25.0 Å². The van der Waals surface area contributed by atoms with Crippen molar-refractivity contribution in [2.24, 2.45) is 0 Å². The van der Waals surface area contributed by atoms with Crippen LogP contribution in [-0.2, 0) is 5.41 Å². The lowest BCUT2D eigenvalue weighted by atomic mass is 9.76. The third-order valence-electron chi connectivity index (χ3n) is 5.58. The zero-order valence-electron chi connectivity index (χ0n) is 15.1. The molecule has 1 spiro atoms. The van der Waals surface area contributed by atoms with Crippen molar-refractivity contribution in [1.29, 1.82) is 0 Å². The second kappa shape index (κ2) is 5.24. The zero-order chi connectivity index (χ0) is 18.7. The first-order chi connectivity index (χ1) is 12.3. The minimum Gasteiger partial charge on any atom is -0.493 e. The molecular weight excluding hydrogens is 332 g/mol. The van der Waals surface area contributed by atoms with Gasteiger partial charge in [-0.1, -0.05) is 18.2 Å². The van der Waals surface area contributed by atoms with Gasteiger partial charge >= 0.3 is 0 Å². The molecule has 134 valence electrons. The maximum atomic E-state index is 11.2. The number of anilines is 1. The summed E-state index contributed by atoms with van der Waals surface area (Å²) in [4.78, 5) is 12.9. The lowest BCUT2D eigenvalue weighted by Crippen LogP contribution is -2.58. The lowest BCUT2D eigenvalue weighted by molar-refractivity contribution is -0.385. The molecule has 2 aromatic rings. The van der Waals surface area contributed by atoms with Gasteiger partial charge in [-0.2, -0.15) is 0 Å². The van der Waals surface area contributed by atoms with Crippen molar-refractivity contribution in [1.82, 2.24) is 0 Å². The number of fused-ring (bicyclic) bond motifs is 2. The molecule has 4 rings (SSSR count). The van der Waals surface area contributed by atoms with Crippen LogP contribution in [0.5, 0.6) is 11.5 Å². The number of non-ortho nitro benzene ring substituents is 1. The monoisotopic (exact) mass is 352 g/mol. The van der Waals surface area contributed by atoms with Crippen molar-refractivity contribution in [2.75, 3.05) is 19.1 Å². The Morgan fingerprint density at radius 1 is 1.23 bits per heavy atom. The van der Waals surface area contributed by atoms with E-state index >= 15 is 0 Å². The van der Waals surface area contributed by atoms with Crippen molar-refractivity contribution < 1.29 is 14.4 Å². The van der Waals surface area contributed by atoms with Crippen LogP contribution in [0.25, 0.3) is 6.08 Å². The topological polar surface area (TPSA) is 64.8 Å². The van der Waals surface area contributed by atoms with E-state index in [0.29, 0.717) is 17.1 Å². The number of ether oxygens (including phenoxy) is 2. The number of rotatable bonds is 2. The van der Waals surface area contributed by atoms with Gasteiger partial charge < -0.3 is 14.4 Å². The summed E-state index contributed by atoms with van der Waals surface area (Å²) in [5.41, 5.74) is 1.84. The van der Waals surface area contributed by atoms with E-state index in [-0.39, 0.29) is 11.1 Å². The Bertz CT molecular complexity index is 951. The third-order valence-corrected chi connectivity index (χ3v) is 5.58. The Hall–Kier alpha value is -3.02. The van der Waals surface area contributed by atoms with Gasteiger partial charge in [-0.25, -0.2) is 0 Å². The molecule has 0 saturated carbocycles. The second-order valence-corrected chi connectivity index (χ2v) is 7.16. The predicted octanol–water partition coefficient (Wildman–Crippen LogP) is 4.13. The van der Waals surface area contributed by atoms with Gasteiger partial charge in [0.1, 0.15) is 0 Å². The van der Waals surface area contributed by atoms with E-state index in [4.69, 9.17) is 9.47 Å². The Kier molecular flexibility index (Phi) is 3.31. The van der Waals surface area contributed by atoms with Crippen LogP contribution in [-0.4, -0.2) is 24.8 Å². The fourth-order valence-corrected chi connectivity index (χ4v) is 4.09. The highest BCUT2D eigenvalue weighted by atomic mass is 16.6. The average Bonchev–Trinajstić information content (AvgIpc) is 2.80. The molecule has 2 aliphatic heterocycles. The summed E-state index contributed by atoms with van der Waals surface area (Å²) in [6, 6.07) is 11.1. The number of likely N-dealkylation sites (N-methyl/N-ethyl adjacent to an activating group) is 1. The highest BCUT2D eigenvalue weighted by molar-refractivity contribution is 5.74. The van der Waals surface area contributed by atoms with Gasteiger partial charge in [0.05, 0.1) is 23.5 Å². The molecule has 0 fully saturated rings. The van der Waals surface area contributed by atoms with Crippen LogP contribution in [0.3, 0.4) is 0 Å². The number of para-hydroxylation sites is 1. The first-order valence-electron chi connectivity index (χ1n) is 8.40. The number of nitro benzene ring substituents is 1. The maximum Gasteiger partial charge on any atom is 0.274 e. The minimum atomic E-state index is -0.743. The van der Waals surface area contributed by atoms with Crippen LogP contribution in [0.4, 0.5) is 11.4 Å². The Morgan fingerprint density at radius 2 is 1.96 bits per heavy atom. The van der Waals surface area contributed by atoms with E-state index in [1.54, 1.807) is 0 Å². The summed E-state index contributed by atoms with van der Waals surface area (Å²) >= 11 is 0. The standard InChI is InChI=1S/C20H20N2O4/c1-19(2)15-7-5-6-8-16(15)21(3)20(19)10-9-13-11-14(22(23)24)12-17(25-4)18(13)26-20/h5-12H,1-4H3/t20-/m0/s1. The summed E-state index contributed by atoms with van der Waals surface area (Å²) in [7, 11) is 3.49. The van der Waals surface area contributed by atoms with E-state index in [1.807, 2.05) is 31.3 Å². The molecule has 6 nitrogen and oxygen atoms in total. The average molecular weight is 352 g/mol. The SMILES string of the molecule is COc1cc([N+](=O)[O-])cc2c1O[C@]1(C=C2)N(C)c2ccccc2C1(C)C. The van der Waals surface area contributed by atoms with Crippen molar-refractivity contribution in [3.05, 3.63) is 63.7 Å². The smallest absolute Gasteiger partial charge is 0.274 e. The van der Waals surface area contributed by atoms with Crippen molar-refractivity contribution in [3.8, 4) is 11.5 Å². The van der Waals surface area contributed by atoms with Gasteiger partial charge in [-0.3, -0.25) is 10.1 Å². The second-order valence-electron chi connectivity index (χ2n) is 7.16. The molecule has 0 aliphatic carbocycles. The zero-order valence-corrected chi connectivity index (χ0v) is 15.1. The van der Waals surface area contributed by atoms with E-state index in [2.05, 4.69) is 30.9 Å². The fraction of sp³-hybridized carbons (Fsp3) is 0.300. The van der Waals surface area contributed by atoms with Crippen LogP contribution in [0, 0.1) is 10.1 Å². The molecule has 0 saturated heterocycles. The molecule has 0 bridgehead atoms. The largest absolute Gasteiger partial charge is 0.493 e. The summed E-state index contributed by atoms with van der Waals surface area (Å²) in [6.07, 6.45) is 3.87. The molecule has 26 heavy (non-hydrogen) atoms. The molecule has 0 N–H and O–H groups in total. The van der Waals surface area contributed by atoms with Crippen LogP contribution < -0.4 is 14.4 Å². The number of hydrogen-bond donors (Lipinski definition) is 0. The molecule has 1 atom stereocenters. The van der Waals surface area contributed by atoms with E-state index in [9.17, 15) is 10.1 Å². The Labute approximate surface area is 151 Å². The summed E-state index contributed by atoms with van der Waals surface area (Å²) in [5, 5.41) is 11.2. The molecule has 0 unspecified atom stereocenters. The highest BCUT2D eigenvalue weighted by Crippen LogP contribution is 2.55. The molecule has 2 heterocycles. The van der Waals surface area contributed by atoms with Gasteiger partial charge in [0.2, 0.25) is 5.72 Å². The van der Waals surface area contributed by atoms with Crippen LogP contribution in [0.15, 0.2) is 42.5 Å². The van der Waals surface area contributed by atoms with Crippen LogP contribution >= 0.6 is 0 Å². The number of benzene rings is 2. The molecule has 2 aliphatic rings. The van der Waals surface area contributed by atoms with Gasteiger partial charge in [0.25, 0.3) is 5.69 Å². The van der Waals surface area contributed by atoms with Gasteiger partial charge in [0.15, 0.2) is 11.5 Å². The van der Waals surface area contributed by atoms with E-state index in [0.717, 1.165) is 5.69 Å². The Morgan fingerprint density at radius 3 is 2.62 bits per heavy atom. The predicted molar refractivity (Wildman–Crippen MR) is 99.9 cm³/mol. The molecule has 0 radical (unpaired) electrons. The quantitative estimate of drug-likeness (QED) is 0.600. The Balaban J connectivity index is 1.89. The van der Waals surface area contributed by atoms with E-state index < -0.39 is 10.6 Å². The van der Waals surface area contributed by atoms with Gasteiger partial charge in [-0.05, 0) is 37.6 Å². The normalized spacial score (nSPS) is 21.9. The number of methoxy groups -OCH3 is 1. The maximum absolute atomic E-state index is 11.2. The summed E-state index contributed by atoms with van der Waals surface area (Å²) < 4.78 is 11.9. The molecule has 0 aromatic heterocycles. The third kappa shape index (κ3) is 1.92. The number of nitrogens with zero attached hydrogens (tertiary/aromatic N) is 2. The fourth-order valence-electron chi connectivity index (χ4n) is 4.09. The van der Waals surface area contributed by atoms with Crippen molar-refractivity contribution in [3.63, 3.8) is 0 Å². The summed E-state index contributed by atoms with van der Waals surface area (Å²) in [6.45, 7) is 4.28. The summed E-state index contributed by atoms with van der Waals surface area (Å²) in [5.74, 6) is 0.881. The number of nitro groups is 1. The molecule has 6 heteroatoms. The van der Waals surface area contributed by atoms with Crippen LogP contribution in [0.2, 0.25) is 0 Å². The van der Waals surface area contributed by atoms with Gasteiger partial charge in [0, 0.05) is 24.4 Å². The van der Waals surface area contributed by atoms with Gasteiger partial charge in [-0.15, -0.1) is 0 Å². The van der Waals surface area contributed by atoms with Crippen molar-refractivity contribution in [2.45, 2.75) is 25.0 Å². The molecule has 0 amide bonds. The molecule has 2 aromatic carbocycles. The van der Waals surface area contributed by atoms with Crippen molar-refractivity contribution >= 4 is 17.5 Å².